The van der Waals surface area contributed by atoms with Crippen molar-refractivity contribution in [1.82, 2.24) is 0 Å². The molecule has 0 aromatic heterocycles. The van der Waals surface area contributed by atoms with Gasteiger partial charge in [-0.3, -0.25) is 0 Å². The zero-order chi connectivity index (χ0) is 11.6. The van der Waals surface area contributed by atoms with E-state index in [-0.39, 0.29) is 5.41 Å². The molecule has 0 amide bonds. The summed E-state index contributed by atoms with van der Waals surface area (Å²) >= 11 is 3.47. The summed E-state index contributed by atoms with van der Waals surface area (Å²) in [5, 5.41) is 0. The monoisotopic (exact) mass is 269 g/mol. The molecule has 1 nitrogen and oxygen atoms in total. The average molecular weight is 270 g/mol. The van der Waals surface area contributed by atoms with Crippen molar-refractivity contribution >= 4 is 21.6 Å². The summed E-state index contributed by atoms with van der Waals surface area (Å²) < 4.78 is 0. The maximum absolute atomic E-state index is 3.47. The topological polar surface area (TPSA) is 3.24 Å². The van der Waals surface area contributed by atoms with Crippen LogP contribution in [0.4, 0.5) is 5.69 Å². The lowest BCUT2D eigenvalue weighted by atomic mass is 9.86. The quantitative estimate of drug-likeness (QED) is 0.578. The van der Waals surface area contributed by atoms with Crippen LogP contribution in [0, 0.1) is 6.92 Å². The number of aryl methyl sites for hydroxylation is 1. The molecule has 2 heteroatoms. The Kier molecular flexibility index (Phi) is 3.82. The molecule has 0 atom stereocenters. The SMILES string of the molecule is Cc1cc(C(C)(C)C)ccc1N(C)CBr. The van der Waals surface area contributed by atoms with E-state index in [1.165, 1.54) is 16.8 Å². The van der Waals surface area contributed by atoms with E-state index in [2.05, 4.69) is 73.8 Å². The fourth-order valence-corrected chi connectivity index (χ4v) is 1.88. The predicted octanol–water partition coefficient (Wildman–Crippen LogP) is 4.08. The molecule has 0 aliphatic rings. The van der Waals surface area contributed by atoms with Gasteiger partial charge in [0.05, 0.1) is 5.45 Å². The van der Waals surface area contributed by atoms with Gasteiger partial charge in [0.1, 0.15) is 0 Å². The molecule has 0 saturated carbocycles. The Morgan fingerprint density at radius 2 is 1.87 bits per heavy atom. The molecule has 1 rings (SSSR count). The molecule has 1 aromatic rings. The molecule has 0 spiro atoms. The van der Waals surface area contributed by atoms with E-state index >= 15 is 0 Å². The van der Waals surface area contributed by atoms with E-state index in [1.54, 1.807) is 0 Å². The smallest absolute Gasteiger partial charge is 0.0732 e. The number of anilines is 1. The highest BCUT2D eigenvalue weighted by atomic mass is 79.9. The third-order valence-corrected chi connectivity index (χ3v) is 3.41. The second-order valence-electron chi connectivity index (χ2n) is 5.07. The van der Waals surface area contributed by atoms with Crippen molar-refractivity contribution < 1.29 is 0 Å². The van der Waals surface area contributed by atoms with E-state index < -0.39 is 0 Å². The van der Waals surface area contributed by atoms with Gasteiger partial charge in [-0.05, 0) is 29.5 Å². The van der Waals surface area contributed by atoms with Gasteiger partial charge in [0.15, 0.2) is 0 Å². The lowest BCUT2D eigenvalue weighted by Crippen LogP contribution is -2.17. The van der Waals surface area contributed by atoms with Gasteiger partial charge < -0.3 is 4.90 Å². The van der Waals surface area contributed by atoms with Crippen molar-refractivity contribution in [2.24, 2.45) is 0 Å². The standard InChI is InChI=1S/C13H20BrN/c1-10-8-11(13(2,3)4)6-7-12(10)15(5)9-14/h6-8H,9H2,1-5H3. The van der Waals surface area contributed by atoms with Crippen LogP contribution in [-0.2, 0) is 5.41 Å². The second-order valence-corrected chi connectivity index (χ2v) is 5.57. The summed E-state index contributed by atoms with van der Waals surface area (Å²) in [4.78, 5) is 2.20. The molecule has 0 aliphatic carbocycles. The number of alkyl halides is 1. The van der Waals surface area contributed by atoms with E-state index in [0.717, 1.165) is 5.45 Å². The van der Waals surface area contributed by atoms with Gasteiger partial charge in [-0.25, -0.2) is 0 Å². The van der Waals surface area contributed by atoms with Crippen LogP contribution in [-0.4, -0.2) is 12.5 Å². The largest absolute Gasteiger partial charge is 0.364 e. The summed E-state index contributed by atoms with van der Waals surface area (Å²) in [5.74, 6) is 0. The number of rotatable bonds is 2. The second kappa shape index (κ2) is 4.56. The first-order chi connectivity index (χ1) is 6.86. The molecule has 0 radical (unpaired) electrons. The molecule has 0 heterocycles. The van der Waals surface area contributed by atoms with Crippen LogP contribution < -0.4 is 4.90 Å². The lowest BCUT2D eigenvalue weighted by molar-refractivity contribution is 0.589. The molecule has 15 heavy (non-hydrogen) atoms. The fourth-order valence-electron chi connectivity index (χ4n) is 1.61. The van der Waals surface area contributed by atoms with E-state index in [1.807, 2.05) is 0 Å². The van der Waals surface area contributed by atoms with Crippen molar-refractivity contribution in [3.05, 3.63) is 29.3 Å². The van der Waals surface area contributed by atoms with Gasteiger partial charge in [0, 0.05) is 12.7 Å². The van der Waals surface area contributed by atoms with Crippen LogP contribution in [0.3, 0.4) is 0 Å². The third kappa shape index (κ3) is 2.97. The molecular formula is C13H20BrN. The Labute approximate surface area is 102 Å². The van der Waals surface area contributed by atoms with Crippen LogP contribution in [0.2, 0.25) is 0 Å². The van der Waals surface area contributed by atoms with Crippen molar-refractivity contribution in [2.45, 2.75) is 33.1 Å². The first-order valence-corrected chi connectivity index (χ1v) is 6.36. The molecule has 0 fully saturated rings. The third-order valence-electron chi connectivity index (χ3n) is 2.65. The van der Waals surface area contributed by atoms with Gasteiger partial charge in [-0.2, -0.15) is 0 Å². The van der Waals surface area contributed by atoms with Crippen LogP contribution >= 0.6 is 15.9 Å². The maximum atomic E-state index is 3.47. The van der Waals surface area contributed by atoms with Crippen LogP contribution in [0.15, 0.2) is 18.2 Å². The number of benzene rings is 1. The van der Waals surface area contributed by atoms with Gasteiger partial charge in [-0.15, -0.1) is 0 Å². The number of hydrogen-bond acceptors (Lipinski definition) is 1. The van der Waals surface area contributed by atoms with Gasteiger partial charge in [-0.1, -0.05) is 48.8 Å². The van der Waals surface area contributed by atoms with Gasteiger partial charge in [0.25, 0.3) is 0 Å². The van der Waals surface area contributed by atoms with Crippen LogP contribution in [0.25, 0.3) is 0 Å². The Morgan fingerprint density at radius 3 is 2.27 bits per heavy atom. The first-order valence-electron chi connectivity index (χ1n) is 5.24. The molecule has 0 bridgehead atoms. The minimum absolute atomic E-state index is 0.232. The minimum atomic E-state index is 0.232. The molecule has 0 N–H and O–H groups in total. The normalized spacial score (nSPS) is 11.6. The summed E-state index contributed by atoms with van der Waals surface area (Å²) in [6, 6.07) is 6.72. The molecule has 0 saturated heterocycles. The predicted molar refractivity (Wildman–Crippen MR) is 72.1 cm³/mol. The summed E-state index contributed by atoms with van der Waals surface area (Å²) in [7, 11) is 2.09. The Hall–Kier alpha value is -0.500. The summed E-state index contributed by atoms with van der Waals surface area (Å²) in [5.41, 5.74) is 5.12. The maximum Gasteiger partial charge on any atom is 0.0732 e. The lowest BCUT2D eigenvalue weighted by Gasteiger charge is -2.23. The Balaban J connectivity index is 3.09. The zero-order valence-electron chi connectivity index (χ0n) is 10.3. The molecule has 0 aliphatic heterocycles. The minimum Gasteiger partial charge on any atom is -0.364 e. The average Bonchev–Trinajstić information content (AvgIpc) is 2.15. The zero-order valence-corrected chi connectivity index (χ0v) is 11.9. The molecular weight excluding hydrogens is 250 g/mol. The number of nitrogens with zero attached hydrogens (tertiary/aromatic N) is 1. The first kappa shape index (κ1) is 12.6. The van der Waals surface area contributed by atoms with E-state index in [0.29, 0.717) is 0 Å². The Bertz CT molecular complexity index is 339. The highest BCUT2D eigenvalue weighted by Gasteiger charge is 2.14. The fraction of sp³-hybridized carbons (Fsp3) is 0.538. The van der Waals surface area contributed by atoms with Crippen molar-refractivity contribution in [3.63, 3.8) is 0 Å². The van der Waals surface area contributed by atoms with Crippen LogP contribution in [0.1, 0.15) is 31.9 Å². The van der Waals surface area contributed by atoms with Crippen LogP contribution in [0.5, 0.6) is 0 Å². The van der Waals surface area contributed by atoms with Crippen molar-refractivity contribution in [1.29, 1.82) is 0 Å². The number of hydrogen-bond donors (Lipinski definition) is 0. The van der Waals surface area contributed by atoms with E-state index in [9.17, 15) is 0 Å². The molecule has 84 valence electrons. The Morgan fingerprint density at radius 1 is 1.27 bits per heavy atom. The van der Waals surface area contributed by atoms with E-state index in [4.69, 9.17) is 0 Å². The molecule has 1 aromatic carbocycles. The van der Waals surface area contributed by atoms with Gasteiger partial charge in [0.2, 0.25) is 0 Å². The highest BCUT2D eigenvalue weighted by Crippen LogP contribution is 2.27. The number of halogens is 1. The molecule has 0 unspecified atom stereocenters. The summed E-state index contributed by atoms with van der Waals surface area (Å²) in [6.45, 7) is 8.91. The highest BCUT2D eigenvalue weighted by molar-refractivity contribution is 9.09. The summed E-state index contributed by atoms with van der Waals surface area (Å²) in [6.07, 6.45) is 0. The van der Waals surface area contributed by atoms with Crippen molar-refractivity contribution in [2.75, 3.05) is 17.4 Å². The van der Waals surface area contributed by atoms with Crippen molar-refractivity contribution in [3.8, 4) is 0 Å². The van der Waals surface area contributed by atoms with Gasteiger partial charge >= 0.3 is 0 Å².